The van der Waals surface area contributed by atoms with Crippen LogP contribution in [0.15, 0.2) is 176 Å². The predicted octanol–water partition coefficient (Wildman–Crippen LogP) is 15.1. The second-order valence-electron chi connectivity index (χ2n) is 19.6. The number of hydrogen-bond acceptors (Lipinski definition) is 5. The van der Waals surface area contributed by atoms with Gasteiger partial charge in [0.2, 0.25) is 0 Å². The average molecular weight is 878 g/mol. The summed E-state index contributed by atoms with van der Waals surface area (Å²) in [5.41, 5.74) is 13.6. The summed E-state index contributed by atoms with van der Waals surface area (Å²) < 4.78 is 4.58. The molecule has 0 fully saturated rings. The lowest BCUT2D eigenvalue weighted by Crippen LogP contribution is -2.10. The van der Waals surface area contributed by atoms with Crippen LogP contribution in [0.1, 0.15) is 63.8 Å². The Morgan fingerprint density at radius 3 is 1.41 bits per heavy atom. The van der Waals surface area contributed by atoms with Crippen molar-refractivity contribution in [1.29, 1.82) is 10.5 Å². The Balaban J connectivity index is 1.17. The number of benzene rings is 8. The third kappa shape index (κ3) is 7.17. The Morgan fingerprint density at radius 1 is 0.382 bits per heavy atom. The molecule has 7 nitrogen and oxygen atoms in total. The van der Waals surface area contributed by atoms with Crippen LogP contribution in [0.5, 0.6) is 0 Å². The number of hydrogen-bond donors (Lipinski definition) is 0. The molecule has 7 heteroatoms. The van der Waals surface area contributed by atoms with Crippen molar-refractivity contribution < 1.29 is 0 Å². The van der Waals surface area contributed by atoms with Crippen LogP contribution in [-0.2, 0) is 10.8 Å². The number of rotatable bonds is 6. The van der Waals surface area contributed by atoms with Gasteiger partial charge in [-0.15, -0.1) is 0 Å². The molecule has 3 heterocycles. The van der Waals surface area contributed by atoms with Gasteiger partial charge in [0.1, 0.15) is 0 Å². The van der Waals surface area contributed by atoms with Crippen molar-refractivity contribution in [2.45, 2.75) is 52.4 Å². The fourth-order valence-electron chi connectivity index (χ4n) is 9.55. The smallest absolute Gasteiger partial charge is 0.165 e. The fourth-order valence-corrected chi connectivity index (χ4v) is 9.55. The molecule has 8 aromatic carbocycles. The molecule has 0 spiro atoms. The standard InChI is InChI=1S/C61H47N7/c1-60(2,3)42-25-30-55-50(32-42)47-16-10-12-18-53(47)67(55)44-27-24-41(37-63)49(34-44)58-64-57(40-14-8-7-9-15-40)65-59(66-58)52-35-45(28-29-46(52)39-22-20-38(36-62)21-23-39)68-54-19-13-11-17-48(54)51-33-43(61(4,5)6)26-31-56(51)68/h7-35H,1-6H3. The summed E-state index contributed by atoms with van der Waals surface area (Å²) in [6, 6.07) is 65.2. The highest BCUT2D eigenvalue weighted by molar-refractivity contribution is 6.11. The molecule has 0 saturated carbocycles. The number of nitrogens with zero attached hydrogens (tertiary/aromatic N) is 7. The molecule has 326 valence electrons. The minimum Gasteiger partial charge on any atom is -0.309 e. The highest BCUT2D eigenvalue weighted by atomic mass is 15.0. The first kappa shape index (κ1) is 42.0. The second-order valence-corrected chi connectivity index (χ2v) is 19.6. The van der Waals surface area contributed by atoms with E-state index in [9.17, 15) is 10.5 Å². The van der Waals surface area contributed by atoms with Crippen LogP contribution in [0.3, 0.4) is 0 Å². The number of nitriles is 2. The van der Waals surface area contributed by atoms with Crippen LogP contribution in [0.4, 0.5) is 0 Å². The molecule has 0 bridgehead atoms. The molecular weight excluding hydrogens is 831 g/mol. The van der Waals surface area contributed by atoms with Crippen molar-refractivity contribution in [2.75, 3.05) is 0 Å². The van der Waals surface area contributed by atoms with Gasteiger partial charge in [0.25, 0.3) is 0 Å². The zero-order chi connectivity index (χ0) is 46.9. The summed E-state index contributed by atoms with van der Waals surface area (Å²) in [5.74, 6) is 1.31. The van der Waals surface area contributed by atoms with E-state index in [1.165, 1.54) is 27.3 Å². The Morgan fingerprint density at radius 2 is 0.868 bits per heavy atom. The van der Waals surface area contributed by atoms with Gasteiger partial charge in [-0.3, -0.25) is 0 Å². The van der Waals surface area contributed by atoms with Gasteiger partial charge in [-0.25, -0.2) is 15.0 Å². The third-order valence-electron chi connectivity index (χ3n) is 13.2. The SMILES string of the molecule is CC(C)(C)c1ccc2c(c1)c1ccccc1n2-c1ccc(C#N)c(-c2nc(-c3ccccc3)nc(-c3cc(-n4c5ccccc5c5cc(C(C)(C)C)ccc54)ccc3-c3ccc(C#N)cc3)n2)c1. The first-order valence-electron chi connectivity index (χ1n) is 23.0. The van der Waals surface area contributed by atoms with Crippen LogP contribution in [0, 0.1) is 22.7 Å². The second kappa shape index (κ2) is 16.0. The van der Waals surface area contributed by atoms with Crippen molar-refractivity contribution >= 4 is 43.6 Å². The summed E-state index contributed by atoms with van der Waals surface area (Å²) >= 11 is 0. The molecule has 0 unspecified atom stereocenters. The van der Waals surface area contributed by atoms with Gasteiger partial charge in [-0.1, -0.05) is 139 Å². The van der Waals surface area contributed by atoms with Crippen LogP contribution in [-0.4, -0.2) is 24.1 Å². The topological polar surface area (TPSA) is 96.1 Å². The first-order chi connectivity index (χ1) is 32.9. The molecule has 0 radical (unpaired) electrons. The van der Waals surface area contributed by atoms with E-state index >= 15 is 0 Å². The number of aromatic nitrogens is 5. The fraction of sp³-hybridized carbons (Fsp3) is 0.131. The Labute approximate surface area is 395 Å². The lowest BCUT2D eigenvalue weighted by atomic mass is 9.86. The summed E-state index contributed by atoms with van der Waals surface area (Å²) in [7, 11) is 0. The quantitative estimate of drug-likeness (QED) is 0.166. The number of fused-ring (bicyclic) bond motifs is 6. The molecule has 0 atom stereocenters. The van der Waals surface area contributed by atoms with E-state index in [1.807, 2.05) is 72.8 Å². The number of para-hydroxylation sites is 2. The maximum atomic E-state index is 10.8. The van der Waals surface area contributed by atoms with Gasteiger partial charge in [0.15, 0.2) is 17.5 Å². The average Bonchev–Trinajstić information content (AvgIpc) is 3.88. The molecule has 0 saturated heterocycles. The van der Waals surface area contributed by atoms with Crippen LogP contribution in [0.25, 0.3) is 100 Å². The normalized spacial score (nSPS) is 11.9. The molecule has 68 heavy (non-hydrogen) atoms. The summed E-state index contributed by atoms with van der Waals surface area (Å²) in [4.78, 5) is 15.8. The van der Waals surface area contributed by atoms with E-state index in [1.54, 1.807) is 0 Å². The summed E-state index contributed by atoms with van der Waals surface area (Å²) in [6.07, 6.45) is 0. The maximum absolute atomic E-state index is 10.8. The van der Waals surface area contributed by atoms with E-state index < -0.39 is 0 Å². The van der Waals surface area contributed by atoms with Gasteiger partial charge in [-0.2, -0.15) is 10.5 Å². The lowest BCUT2D eigenvalue weighted by Gasteiger charge is -2.19. The van der Waals surface area contributed by atoms with Gasteiger partial charge < -0.3 is 9.13 Å². The largest absolute Gasteiger partial charge is 0.309 e. The summed E-state index contributed by atoms with van der Waals surface area (Å²) in [5, 5.41) is 25.2. The van der Waals surface area contributed by atoms with Crippen molar-refractivity contribution in [1.82, 2.24) is 24.1 Å². The molecule has 0 amide bonds. The first-order valence-corrected chi connectivity index (χ1v) is 23.0. The van der Waals surface area contributed by atoms with Crippen LogP contribution >= 0.6 is 0 Å². The van der Waals surface area contributed by atoms with Gasteiger partial charge in [0, 0.05) is 49.6 Å². The Kier molecular flexibility index (Phi) is 9.92. The maximum Gasteiger partial charge on any atom is 0.165 e. The minimum absolute atomic E-state index is 0.0229. The monoisotopic (exact) mass is 877 g/mol. The van der Waals surface area contributed by atoms with E-state index in [4.69, 9.17) is 15.0 Å². The van der Waals surface area contributed by atoms with E-state index in [2.05, 4.69) is 166 Å². The zero-order valence-corrected chi connectivity index (χ0v) is 38.9. The molecular formula is C61H47N7. The molecule has 0 aliphatic carbocycles. The van der Waals surface area contributed by atoms with E-state index in [0.717, 1.165) is 61.1 Å². The molecule has 3 aromatic heterocycles. The lowest BCUT2D eigenvalue weighted by molar-refractivity contribution is 0.591. The van der Waals surface area contributed by atoms with Gasteiger partial charge in [0.05, 0.1) is 45.3 Å². The minimum atomic E-state index is -0.0231. The van der Waals surface area contributed by atoms with E-state index in [0.29, 0.717) is 34.2 Å². The molecule has 11 aromatic rings. The van der Waals surface area contributed by atoms with Gasteiger partial charge >= 0.3 is 0 Å². The molecule has 0 N–H and O–H groups in total. The highest BCUT2D eigenvalue weighted by Crippen LogP contribution is 2.41. The Hall–Kier alpha value is -8.65. The van der Waals surface area contributed by atoms with Crippen molar-refractivity contribution in [3.05, 3.63) is 198 Å². The van der Waals surface area contributed by atoms with Crippen molar-refractivity contribution in [3.63, 3.8) is 0 Å². The van der Waals surface area contributed by atoms with Crippen LogP contribution in [0.2, 0.25) is 0 Å². The Bertz CT molecular complexity index is 3880. The zero-order valence-electron chi connectivity index (χ0n) is 38.9. The summed E-state index contributed by atoms with van der Waals surface area (Å²) in [6.45, 7) is 13.5. The van der Waals surface area contributed by atoms with Gasteiger partial charge in [-0.05, 0) is 112 Å². The van der Waals surface area contributed by atoms with Crippen molar-refractivity contribution in [2.24, 2.45) is 0 Å². The molecule has 0 aliphatic rings. The molecule has 0 aliphatic heterocycles. The third-order valence-corrected chi connectivity index (χ3v) is 13.2. The van der Waals surface area contributed by atoms with Crippen molar-refractivity contribution in [3.8, 4) is 68.8 Å². The van der Waals surface area contributed by atoms with E-state index in [-0.39, 0.29) is 10.8 Å². The predicted molar refractivity (Wildman–Crippen MR) is 277 cm³/mol. The highest BCUT2D eigenvalue weighted by Gasteiger charge is 2.24. The van der Waals surface area contributed by atoms with Crippen LogP contribution < -0.4 is 0 Å². The molecule has 11 rings (SSSR count).